The van der Waals surface area contributed by atoms with Gasteiger partial charge in [-0.2, -0.15) is 0 Å². The molecular formula is C59H52N2. The van der Waals surface area contributed by atoms with Crippen molar-refractivity contribution in [3.8, 4) is 11.1 Å². The molecule has 298 valence electrons. The first-order valence-electron chi connectivity index (χ1n) is 21.5. The van der Waals surface area contributed by atoms with Gasteiger partial charge >= 0.3 is 0 Å². The molecule has 0 spiro atoms. The summed E-state index contributed by atoms with van der Waals surface area (Å²) in [5.41, 5.74) is 16.7. The maximum absolute atomic E-state index is 2.46. The Labute approximate surface area is 361 Å². The van der Waals surface area contributed by atoms with Crippen molar-refractivity contribution in [3.05, 3.63) is 246 Å². The quantitative estimate of drug-likeness (QED) is 0.169. The third-order valence-electron chi connectivity index (χ3n) is 12.5. The second-order valence-electron chi connectivity index (χ2n) is 16.3. The first-order valence-corrected chi connectivity index (χ1v) is 21.5. The van der Waals surface area contributed by atoms with E-state index in [0.29, 0.717) is 0 Å². The largest absolute Gasteiger partial charge is 0.343 e. The van der Waals surface area contributed by atoms with Crippen LogP contribution in [0, 0.1) is 13.8 Å². The molecule has 61 heavy (non-hydrogen) atoms. The number of aryl methyl sites for hydroxylation is 4. The Morgan fingerprint density at radius 1 is 0.475 bits per heavy atom. The Balaban J connectivity index is 0.000000169. The fourth-order valence-corrected chi connectivity index (χ4v) is 9.46. The number of fused-ring (bicyclic) bond motifs is 8. The molecule has 2 heteroatoms. The SMILES string of the molecule is CCc1cccc2c3ccccc3n(C)c12.Cc1ccc2c(c1)C(C)(c1ccccc1)c1cc(N(c3ccccc3)c3ccccc3)c3ccccc3c1-2.Cc1ccccc1. The first-order chi connectivity index (χ1) is 29.9. The summed E-state index contributed by atoms with van der Waals surface area (Å²) in [6.45, 7) is 8.90. The molecule has 1 unspecified atom stereocenters. The first kappa shape index (κ1) is 39.3. The van der Waals surface area contributed by atoms with Crippen molar-refractivity contribution in [2.45, 2.75) is 39.5 Å². The van der Waals surface area contributed by atoms with E-state index < -0.39 is 0 Å². The lowest BCUT2D eigenvalue weighted by Crippen LogP contribution is -2.23. The Morgan fingerprint density at radius 2 is 1.02 bits per heavy atom. The number of anilines is 3. The summed E-state index contributed by atoms with van der Waals surface area (Å²) in [5, 5.41) is 5.28. The highest BCUT2D eigenvalue weighted by molar-refractivity contribution is 6.11. The Kier molecular flexibility index (Phi) is 10.8. The van der Waals surface area contributed by atoms with Crippen molar-refractivity contribution in [3.63, 3.8) is 0 Å². The maximum atomic E-state index is 2.46. The van der Waals surface area contributed by atoms with Gasteiger partial charge in [-0.1, -0.05) is 194 Å². The van der Waals surface area contributed by atoms with Crippen LogP contribution in [0.5, 0.6) is 0 Å². The molecule has 0 saturated carbocycles. The van der Waals surface area contributed by atoms with E-state index in [1.807, 2.05) is 18.2 Å². The molecule has 0 saturated heterocycles. The van der Waals surface area contributed by atoms with Gasteiger partial charge in [0.05, 0.1) is 11.2 Å². The smallest absolute Gasteiger partial charge is 0.0543 e. The van der Waals surface area contributed by atoms with Gasteiger partial charge in [-0.25, -0.2) is 0 Å². The van der Waals surface area contributed by atoms with E-state index >= 15 is 0 Å². The molecule has 1 aliphatic carbocycles. The summed E-state index contributed by atoms with van der Waals surface area (Å²) in [5.74, 6) is 0. The zero-order valence-electron chi connectivity index (χ0n) is 35.8. The Morgan fingerprint density at radius 3 is 1.62 bits per heavy atom. The third-order valence-corrected chi connectivity index (χ3v) is 12.5. The van der Waals surface area contributed by atoms with E-state index in [1.165, 1.54) is 82.8 Å². The van der Waals surface area contributed by atoms with E-state index in [4.69, 9.17) is 0 Å². The van der Waals surface area contributed by atoms with Gasteiger partial charge in [0, 0.05) is 45.5 Å². The highest BCUT2D eigenvalue weighted by Crippen LogP contribution is 2.57. The van der Waals surface area contributed by atoms with Gasteiger partial charge in [0.1, 0.15) is 0 Å². The molecular weight excluding hydrogens is 737 g/mol. The van der Waals surface area contributed by atoms with Crippen LogP contribution in [-0.4, -0.2) is 4.57 Å². The van der Waals surface area contributed by atoms with Crippen LogP contribution >= 0.6 is 0 Å². The minimum Gasteiger partial charge on any atom is -0.343 e. The molecule has 0 amide bonds. The van der Waals surface area contributed by atoms with Crippen LogP contribution in [-0.2, 0) is 18.9 Å². The highest BCUT2D eigenvalue weighted by atomic mass is 15.1. The van der Waals surface area contributed by atoms with Crippen LogP contribution in [0.15, 0.2) is 212 Å². The molecule has 0 N–H and O–H groups in total. The molecule has 1 atom stereocenters. The van der Waals surface area contributed by atoms with E-state index in [1.54, 1.807) is 0 Å². The summed E-state index contributed by atoms with van der Waals surface area (Å²) in [4.78, 5) is 2.41. The lowest BCUT2D eigenvalue weighted by atomic mass is 9.73. The molecule has 0 fully saturated rings. The van der Waals surface area contributed by atoms with Crippen molar-refractivity contribution in [2.24, 2.45) is 7.05 Å². The number of para-hydroxylation sites is 4. The van der Waals surface area contributed by atoms with Crippen molar-refractivity contribution in [1.82, 2.24) is 4.57 Å². The molecule has 1 aliphatic rings. The number of nitrogens with zero attached hydrogens (tertiary/aromatic N) is 2. The molecule has 1 aromatic heterocycles. The molecule has 10 aromatic rings. The van der Waals surface area contributed by atoms with E-state index in [0.717, 1.165) is 17.8 Å². The van der Waals surface area contributed by atoms with Crippen LogP contribution in [0.4, 0.5) is 17.1 Å². The molecule has 9 aromatic carbocycles. The van der Waals surface area contributed by atoms with Crippen molar-refractivity contribution in [2.75, 3.05) is 4.90 Å². The minimum absolute atomic E-state index is 0.268. The fourth-order valence-electron chi connectivity index (χ4n) is 9.46. The summed E-state index contributed by atoms with van der Waals surface area (Å²) >= 11 is 0. The number of hydrogen-bond acceptors (Lipinski definition) is 1. The lowest BCUT2D eigenvalue weighted by Gasteiger charge is -2.32. The van der Waals surface area contributed by atoms with E-state index in [9.17, 15) is 0 Å². The average molecular weight is 789 g/mol. The van der Waals surface area contributed by atoms with Crippen molar-refractivity contribution in [1.29, 1.82) is 0 Å². The van der Waals surface area contributed by atoms with Gasteiger partial charge in [-0.15, -0.1) is 0 Å². The predicted molar refractivity (Wildman–Crippen MR) is 262 cm³/mol. The molecule has 11 rings (SSSR count). The molecule has 2 nitrogen and oxygen atoms in total. The minimum atomic E-state index is -0.268. The number of rotatable bonds is 5. The summed E-state index contributed by atoms with van der Waals surface area (Å²) in [6.07, 6.45) is 1.08. The van der Waals surface area contributed by atoms with Crippen LogP contribution < -0.4 is 4.90 Å². The summed E-state index contributed by atoms with van der Waals surface area (Å²) in [7, 11) is 2.16. The highest BCUT2D eigenvalue weighted by Gasteiger charge is 2.42. The predicted octanol–water partition coefficient (Wildman–Crippen LogP) is 15.8. The van der Waals surface area contributed by atoms with Crippen LogP contribution in [0.3, 0.4) is 0 Å². The Bertz CT molecular complexity index is 3050. The van der Waals surface area contributed by atoms with Gasteiger partial charge < -0.3 is 9.47 Å². The van der Waals surface area contributed by atoms with Crippen molar-refractivity contribution >= 4 is 49.6 Å². The second-order valence-corrected chi connectivity index (χ2v) is 16.3. The van der Waals surface area contributed by atoms with Crippen LogP contribution in [0.2, 0.25) is 0 Å². The van der Waals surface area contributed by atoms with Gasteiger partial charge in [-0.3, -0.25) is 0 Å². The Hall–Kier alpha value is -7.16. The third kappa shape index (κ3) is 7.19. The topological polar surface area (TPSA) is 8.17 Å². The molecule has 0 radical (unpaired) electrons. The molecule has 0 bridgehead atoms. The lowest BCUT2D eigenvalue weighted by molar-refractivity contribution is 0.713. The average Bonchev–Trinajstić information content (AvgIpc) is 3.75. The maximum Gasteiger partial charge on any atom is 0.0543 e. The van der Waals surface area contributed by atoms with Gasteiger partial charge in [0.25, 0.3) is 0 Å². The normalized spacial score (nSPS) is 13.8. The molecule has 0 aliphatic heterocycles. The van der Waals surface area contributed by atoms with Gasteiger partial charge in [0.15, 0.2) is 0 Å². The zero-order chi connectivity index (χ0) is 41.9. The van der Waals surface area contributed by atoms with E-state index in [2.05, 4.69) is 238 Å². The van der Waals surface area contributed by atoms with Crippen LogP contribution in [0.1, 0.15) is 47.2 Å². The monoisotopic (exact) mass is 788 g/mol. The number of aromatic nitrogens is 1. The van der Waals surface area contributed by atoms with E-state index in [-0.39, 0.29) is 5.41 Å². The summed E-state index contributed by atoms with van der Waals surface area (Å²) < 4.78 is 2.31. The number of hydrogen-bond donors (Lipinski definition) is 0. The molecule has 1 heterocycles. The zero-order valence-corrected chi connectivity index (χ0v) is 35.8. The van der Waals surface area contributed by atoms with Gasteiger partial charge in [0.2, 0.25) is 0 Å². The summed E-state index contributed by atoms with van der Waals surface area (Å²) in [6, 6.07) is 76.2. The van der Waals surface area contributed by atoms with Crippen LogP contribution in [0.25, 0.3) is 43.7 Å². The standard InChI is InChI=1S/C37H29N.C15H15N.C7H8/c1-26-22-23-32-33(24-26)37(2,27-14-6-3-7-15-27)34-25-35(30-20-12-13-21-31(30)36(32)34)38(28-16-8-4-9-17-28)29-18-10-5-11-19-29;1-3-11-7-6-9-13-12-8-4-5-10-14(12)16(2)15(11)13;1-7-5-3-2-4-6-7/h3-25H,1-2H3;4-10H,3H2,1-2H3;2-6H,1H3. The second kappa shape index (κ2) is 16.8. The number of benzene rings is 9. The van der Waals surface area contributed by atoms with Gasteiger partial charge in [-0.05, 0) is 102 Å². The fraction of sp³-hybridized carbons (Fsp3) is 0.119. The van der Waals surface area contributed by atoms with Crippen molar-refractivity contribution < 1.29 is 0 Å².